The minimum absolute atomic E-state index is 0. The van der Waals surface area contributed by atoms with E-state index in [9.17, 15) is 0 Å². The maximum atomic E-state index is 7.50. The first-order valence-electron chi connectivity index (χ1n) is 1.02. The molecule has 7 heteroatoms. The van der Waals surface area contributed by atoms with Crippen molar-refractivity contribution in [2.75, 3.05) is 0 Å². The molecule has 0 heterocycles. The van der Waals surface area contributed by atoms with Gasteiger partial charge in [-0.25, -0.2) is 0 Å². The second kappa shape index (κ2) is 1320. The van der Waals surface area contributed by atoms with Gasteiger partial charge in [-0.1, -0.05) is 0 Å². The van der Waals surface area contributed by atoms with Crippen LogP contribution in [0.4, 0.5) is 0 Å². The van der Waals surface area contributed by atoms with Crippen LogP contribution in [-0.2, 0) is 40.6 Å². The van der Waals surface area contributed by atoms with E-state index in [-0.39, 0.29) is 23.5 Å². The zero-order chi connectivity index (χ0) is 10.0. The van der Waals surface area contributed by atoms with Gasteiger partial charge in [0.2, 0.25) is 0 Å². The maximum Gasteiger partial charge on any atom is 0 e. The molecule has 0 atom stereocenters. The summed E-state index contributed by atoms with van der Waals surface area (Å²) >= 11 is 0. The molecule has 0 rings (SSSR count). The average Bonchev–Trinajstić information content (AvgIpc) is 2.20. The summed E-state index contributed by atoms with van der Waals surface area (Å²) in [6, 6.07) is 0. The van der Waals surface area contributed by atoms with Crippen LogP contribution in [0.5, 0.6) is 0 Å². The van der Waals surface area contributed by atoms with E-state index in [4.69, 9.17) is 23.3 Å². The second-order valence-corrected chi connectivity index (χ2v) is 0. The van der Waals surface area contributed by atoms with Gasteiger partial charge in [0.15, 0.2) is 0 Å². The smallest absolute Gasteiger partial charge is 0 e. The van der Waals surface area contributed by atoms with Crippen LogP contribution in [0.3, 0.4) is 0 Å². The molecule has 6 nitrogen and oxygen atoms in total. The molecule has 0 spiro atoms. The third-order valence-electron chi connectivity index (χ3n) is 0. The van der Waals surface area contributed by atoms with Gasteiger partial charge in [-0.05, 0) is 0 Å². The minimum atomic E-state index is 0. The van der Waals surface area contributed by atoms with E-state index in [0.29, 0.717) is 0 Å². The van der Waals surface area contributed by atoms with Gasteiger partial charge in [-0.2, -0.15) is 0 Å². The zero-order valence-electron chi connectivity index (χ0n) is 5.53. The third-order valence-corrected chi connectivity index (χ3v) is 0. The summed E-state index contributed by atoms with van der Waals surface area (Å²) in [6.07, 6.45) is 0. The first-order chi connectivity index (χ1) is 5.00. The van der Waals surface area contributed by atoms with Crippen molar-refractivity contribution in [2.45, 2.75) is 0 Å². The van der Waals surface area contributed by atoms with E-state index in [0.717, 1.165) is 0 Å². The molecular weight excluding hydrogens is 206 g/mol. The molecule has 0 aliphatic rings. The van der Waals surface area contributed by atoms with Crippen LogP contribution < -0.4 is 0 Å². The molecule has 0 aromatic heterocycles. The standard InChI is InChI=1S/5CO.Cr.H2N/c5*1-2;;/h;;;;;;1H2/q;;;;;;-1. The topological polar surface area (TPSA) is 133 Å². The van der Waals surface area contributed by atoms with E-state index < -0.39 is 0 Å². The van der Waals surface area contributed by atoms with Gasteiger partial charge in [0.25, 0.3) is 0 Å². The molecule has 0 bridgehead atoms. The molecule has 0 aliphatic carbocycles. The summed E-state index contributed by atoms with van der Waals surface area (Å²) in [6.45, 7) is 22.5. The molecule has 0 saturated heterocycles. The van der Waals surface area contributed by atoms with Gasteiger partial charge in [-0.3, -0.25) is 0 Å². The minimum Gasteiger partial charge on any atom is -0.693 e. The van der Waals surface area contributed by atoms with Crippen molar-refractivity contribution in [1.29, 1.82) is 0 Å². The molecule has 0 fully saturated rings. The van der Waals surface area contributed by atoms with Gasteiger partial charge in [0.1, 0.15) is 0 Å². The fraction of sp³-hybridized carbons (Fsp3) is 0. The molecule has 64 valence electrons. The van der Waals surface area contributed by atoms with Gasteiger partial charge in [0.05, 0.1) is 0 Å². The van der Waals surface area contributed by atoms with Gasteiger partial charge < -0.3 is 6.15 Å². The second-order valence-electron chi connectivity index (χ2n) is 0. The number of nitrogens with two attached hydrogens (primary N) is 1. The largest absolute Gasteiger partial charge is 0.693 e. The third kappa shape index (κ3) is 946. The van der Waals surface area contributed by atoms with Gasteiger partial charge in [0, 0.05) is 17.4 Å². The first-order valence-corrected chi connectivity index (χ1v) is 1.02. The van der Waals surface area contributed by atoms with Crippen LogP contribution >= 0.6 is 0 Å². The summed E-state index contributed by atoms with van der Waals surface area (Å²) in [5, 5.41) is 0. The van der Waals surface area contributed by atoms with Crippen LogP contribution in [0.25, 0.3) is 6.15 Å². The summed E-state index contributed by atoms with van der Waals surface area (Å²) in [7, 11) is 0. The number of hydrogen-bond acceptors (Lipinski definition) is 0. The van der Waals surface area contributed by atoms with Crippen molar-refractivity contribution < 1.29 is 40.6 Å². The molecule has 0 aromatic carbocycles. The first kappa shape index (κ1) is 66.2. The molecule has 0 unspecified atom stereocenters. The summed E-state index contributed by atoms with van der Waals surface area (Å²) in [4.78, 5) is 0. The Morgan fingerprint density at radius 1 is 0.417 bits per heavy atom. The Hall–Kier alpha value is -0.808. The SMILES string of the molecule is [C-]#[O+].[C-]#[O+].[C-]#[O+].[C-]#[O+].[C-]#[O+].[Cr].[NH2-]. The van der Waals surface area contributed by atoms with Crippen molar-refractivity contribution in [2.24, 2.45) is 0 Å². The molecular formula is C5H2CrNO5-. The van der Waals surface area contributed by atoms with Crippen molar-refractivity contribution in [3.05, 3.63) is 39.4 Å². The van der Waals surface area contributed by atoms with Crippen LogP contribution in [-0.4, -0.2) is 0 Å². The fourth-order valence-electron chi connectivity index (χ4n) is 0. The Morgan fingerprint density at radius 3 is 0.417 bits per heavy atom. The average molecular weight is 208 g/mol. The normalized spacial score (nSPS) is 0.833. The van der Waals surface area contributed by atoms with Crippen molar-refractivity contribution in [3.63, 3.8) is 0 Å². The maximum absolute atomic E-state index is 7.50. The Kier molecular flexibility index (Phi) is 7280. The summed E-state index contributed by atoms with van der Waals surface area (Å²) in [5.41, 5.74) is 0. The summed E-state index contributed by atoms with van der Waals surface area (Å²) < 4.78 is 37.5. The van der Waals surface area contributed by atoms with E-state index in [1.54, 1.807) is 0 Å². The Morgan fingerprint density at radius 2 is 0.417 bits per heavy atom. The van der Waals surface area contributed by atoms with Gasteiger partial charge >= 0.3 is 56.5 Å². The van der Waals surface area contributed by atoms with E-state index in [1.165, 1.54) is 0 Å². The predicted octanol–water partition coefficient (Wildman–Crippen LogP) is 0.527. The van der Waals surface area contributed by atoms with Crippen molar-refractivity contribution in [1.82, 2.24) is 0 Å². The van der Waals surface area contributed by atoms with E-state index in [1.807, 2.05) is 0 Å². The predicted molar refractivity (Wildman–Crippen MR) is 24.9 cm³/mol. The van der Waals surface area contributed by atoms with E-state index >= 15 is 0 Å². The Balaban J connectivity index is -0.00000000500. The van der Waals surface area contributed by atoms with Crippen LogP contribution in [0, 0.1) is 33.3 Å². The van der Waals surface area contributed by atoms with Crippen LogP contribution in [0.15, 0.2) is 0 Å². The van der Waals surface area contributed by atoms with Gasteiger partial charge in [-0.15, -0.1) is 0 Å². The van der Waals surface area contributed by atoms with E-state index in [2.05, 4.69) is 33.3 Å². The Labute approximate surface area is 80.6 Å². The molecule has 0 saturated carbocycles. The summed E-state index contributed by atoms with van der Waals surface area (Å²) in [5.74, 6) is 0. The zero-order valence-corrected chi connectivity index (χ0v) is 6.80. The molecule has 0 aromatic rings. The number of rotatable bonds is 0. The fourth-order valence-corrected chi connectivity index (χ4v) is 0. The molecule has 0 amide bonds. The quantitative estimate of drug-likeness (QED) is 0.405. The van der Waals surface area contributed by atoms with Crippen molar-refractivity contribution in [3.8, 4) is 0 Å². The van der Waals surface area contributed by atoms with Crippen LogP contribution in [0.1, 0.15) is 0 Å². The molecule has 0 aliphatic heterocycles. The van der Waals surface area contributed by atoms with Crippen molar-refractivity contribution >= 4 is 0 Å². The Bertz CT molecular complexity index is 78.4. The number of hydrogen-bond donors (Lipinski definition) is 0. The monoisotopic (exact) mass is 208 g/mol. The molecule has 12 heavy (non-hydrogen) atoms. The van der Waals surface area contributed by atoms with Crippen LogP contribution in [0.2, 0.25) is 0 Å². The molecule has 0 radical (unpaired) electrons. The molecule has 2 N–H and O–H groups in total.